The molecule has 0 saturated carbocycles. The molecule has 0 bridgehead atoms. The normalized spacial score (nSPS) is 16.2. The second-order valence-corrected chi connectivity index (χ2v) is 8.18. The molecule has 0 unspecified atom stereocenters. The Balaban J connectivity index is 1.56. The number of likely N-dealkylation sites (tertiary alicyclic amines) is 1. The number of ether oxygens (including phenoxy) is 1. The molecule has 2 aromatic rings. The van der Waals surface area contributed by atoms with Gasteiger partial charge < -0.3 is 19.8 Å². The highest BCUT2D eigenvalue weighted by Crippen LogP contribution is 2.21. The lowest BCUT2D eigenvalue weighted by molar-refractivity contribution is -0.125. The van der Waals surface area contributed by atoms with Crippen LogP contribution in [0.4, 0.5) is 10.5 Å². The topological polar surface area (TPSA) is 101 Å². The lowest BCUT2D eigenvalue weighted by Crippen LogP contribution is -2.47. The number of rotatable bonds is 5. The van der Waals surface area contributed by atoms with Crippen molar-refractivity contribution in [2.45, 2.75) is 51.8 Å². The molecule has 1 aliphatic heterocycles. The first-order valence-corrected chi connectivity index (χ1v) is 9.94. The van der Waals surface area contributed by atoms with Crippen LogP contribution in [0.1, 0.15) is 49.7 Å². The minimum Gasteiger partial charge on any atom is -0.459 e. The van der Waals surface area contributed by atoms with Gasteiger partial charge in [0.05, 0.1) is 6.26 Å². The lowest BCUT2D eigenvalue weighted by atomic mass is 10.1. The highest BCUT2D eigenvalue weighted by atomic mass is 16.6. The van der Waals surface area contributed by atoms with E-state index in [1.54, 1.807) is 51.1 Å². The Hall–Kier alpha value is -3.29. The quantitative estimate of drug-likeness (QED) is 0.781. The number of nitrogens with one attached hydrogen (secondary N) is 2. The second kappa shape index (κ2) is 9.02. The summed E-state index contributed by atoms with van der Waals surface area (Å²) in [5.74, 6) is -0.347. The Morgan fingerprint density at radius 3 is 2.70 bits per heavy atom. The third kappa shape index (κ3) is 5.62. The molecule has 1 aliphatic rings. The van der Waals surface area contributed by atoms with Crippen molar-refractivity contribution >= 4 is 23.6 Å². The largest absolute Gasteiger partial charge is 0.459 e. The summed E-state index contributed by atoms with van der Waals surface area (Å²) >= 11 is 0. The lowest BCUT2D eigenvalue weighted by Gasteiger charge is -2.28. The van der Waals surface area contributed by atoms with Crippen LogP contribution in [-0.4, -0.2) is 41.0 Å². The van der Waals surface area contributed by atoms with Crippen LogP contribution >= 0.6 is 0 Å². The van der Waals surface area contributed by atoms with E-state index >= 15 is 0 Å². The van der Waals surface area contributed by atoms with Crippen molar-refractivity contribution in [1.29, 1.82) is 0 Å². The SMILES string of the molecule is CC(C)(C)OC(=O)N1CCC[C@H]1C(=O)NCc1cccc(NC(=O)c2ccco2)c1. The first-order valence-electron chi connectivity index (χ1n) is 9.94. The van der Waals surface area contributed by atoms with E-state index in [1.165, 1.54) is 11.2 Å². The van der Waals surface area contributed by atoms with Gasteiger partial charge in [0.2, 0.25) is 5.91 Å². The van der Waals surface area contributed by atoms with Crippen molar-refractivity contribution in [2.75, 3.05) is 11.9 Å². The Kier molecular flexibility index (Phi) is 6.44. The molecule has 0 spiro atoms. The average molecular weight is 413 g/mol. The molecular weight excluding hydrogens is 386 g/mol. The smallest absolute Gasteiger partial charge is 0.410 e. The number of carbonyl (C=O) groups is 3. The summed E-state index contributed by atoms with van der Waals surface area (Å²) in [6.07, 6.45) is 2.32. The molecule has 3 rings (SSSR count). The molecule has 0 aliphatic carbocycles. The molecule has 8 nitrogen and oxygen atoms in total. The summed E-state index contributed by atoms with van der Waals surface area (Å²) in [6.45, 7) is 6.18. The number of carbonyl (C=O) groups excluding carboxylic acids is 3. The van der Waals surface area contributed by atoms with Crippen molar-refractivity contribution in [3.8, 4) is 0 Å². The molecule has 2 heterocycles. The van der Waals surface area contributed by atoms with Gasteiger partial charge in [0, 0.05) is 18.8 Å². The zero-order valence-electron chi connectivity index (χ0n) is 17.4. The standard InChI is InChI=1S/C22H27N3O5/c1-22(2,3)30-21(28)25-11-5-9-17(25)19(26)23-14-15-7-4-8-16(13-15)24-20(27)18-10-6-12-29-18/h4,6-8,10,12-13,17H,5,9,11,14H2,1-3H3,(H,23,26)(H,24,27)/t17-/m0/s1. The van der Waals surface area contributed by atoms with Gasteiger partial charge in [-0.3, -0.25) is 14.5 Å². The molecule has 30 heavy (non-hydrogen) atoms. The summed E-state index contributed by atoms with van der Waals surface area (Å²) in [7, 11) is 0. The van der Waals surface area contributed by atoms with Crippen molar-refractivity contribution in [3.63, 3.8) is 0 Å². The fourth-order valence-electron chi connectivity index (χ4n) is 3.24. The third-order valence-corrected chi connectivity index (χ3v) is 4.58. The van der Waals surface area contributed by atoms with Gasteiger partial charge in [0.25, 0.3) is 5.91 Å². The Bertz CT molecular complexity index is 902. The number of furan rings is 1. The van der Waals surface area contributed by atoms with Crippen LogP contribution in [0.25, 0.3) is 0 Å². The van der Waals surface area contributed by atoms with Crippen LogP contribution in [0, 0.1) is 0 Å². The molecule has 0 radical (unpaired) electrons. The summed E-state index contributed by atoms with van der Waals surface area (Å²) < 4.78 is 10.5. The Labute approximate surface area is 175 Å². The minimum atomic E-state index is -0.610. The average Bonchev–Trinajstić information content (AvgIpc) is 3.36. The number of hydrogen-bond donors (Lipinski definition) is 2. The van der Waals surface area contributed by atoms with E-state index in [0.29, 0.717) is 18.7 Å². The van der Waals surface area contributed by atoms with Crippen LogP contribution in [0.2, 0.25) is 0 Å². The molecule has 2 N–H and O–H groups in total. The molecule has 1 atom stereocenters. The number of anilines is 1. The Morgan fingerprint density at radius 2 is 2.00 bits per heavy atom. The van der Waals surface area contributed by atoms with Gasteiger partial charge in [-0.05, 0) is 63.4 Å². The molecule has 1 fully saturated rings. The van der Waals surface area contributed by atoms with Crippen molar-refractivity contribution in [2.24, 2.45) is 0 Å². The van der Waals surface area contributed by atoms with E-state index in [2.05, 4.69) is 10.6 Å². The van der Waals surface area contributed by atoms with Gasteiger partial charge in [-0.25, -0.2) is 4.79 Å². The maximum Gasteiger partial charge on any atom is 0.410 e. The zero-order valence-corrected chi connectivity index (χ0v) is 17.4. The summed E-state index contributed by atoms with van der Waals surface area (Å²) in [5.41, 5.74) is 0.808. The van der Waals surface area contributed by atoms with E-state index in [4.69, 9.17) is 9.15 Å². The van der Waals surface area contributed by atoms with Gasteiger partial charge >= 0.3 is 6.09 Å². The second-order valence-electron chi connectivity index (χ2n) is 8.18. The maximum atomic E-state index is 12.7. The van der Waals surface area contributed by atoms with Crippen LogP contribution < -0.4 is 10.6 Å². The predicted molar refractivity (Wildman–Crippen MR) is 111 cm³/mol. The Morgan fingerprint density at radius 1 is 1.20 bits per heavy atom. The van der Waals surface area contributed by atoms with Crippen LogP contribution in [-0.2, 0) is 16.1 Å². The fourth-order valence-corrected chi connectivity index (χ4v) is 3.24. The van der Waals surface area contributed by atoms with E-state index < -0.39 is 17.7 Å². The van der Waals surface area contributed by atoms with Gasteiger partial charge in [-0.15, -0.1) is 0 Å². The minimum absolute atomic E-state index is 0.219. The first-order chi connectivity index (χ1) is 14.2. The van der Waals surface area contributed by atoms with Crippen LogP contribution in [0.5, 0.6) is 0 Å². The molecular formula is C22H27N3O5. The number of amides is 3. The predicted octanol–water partition coefficient (Wildman–Crippen LogP) is 3.55. The fraction of sp³-hybridized carbons (Fsp3) is 0.409. The van der Waals surface area contributed by atoms with Gasteiger partial charge in [-0.2, -0.15) is 0 Å². The van der Waals surface area contributed by atoms with E-state index in [0.717, 1.165) is 12.0 Å². The highest BCUT2D eigenvalue weighted by molar-refractivity contribution is 6.02. The summed E-state index contributed by atoms with van der Waals surface area (Å²) in [6, 6.07) is 9.86. The van der Waals surface area contributed by atoms with Crippen molar-refractivity contribution in [3.05, 3.63) is 54.0 Å². The molecule has 8 heteroatoms. The highest BCUT2D eigenvalue weighted by Gasteiger charge is 2.36. The van der Waals surface area contributed by atoms with Gasteiger partial charge in [-0.1, -0.05) is 12.1 Å². The number of nitrogens with zero attached hydrogens (tertiary/aromatic N) is 1. The molecule has 160 valence electrons. The van der Waals surface area contributed by atoms with Gasteiger partial charge in [0.15, 0.2) is 5.76 Å². The van der Waals surface area contributed by atoms with E-state index in [1.807, 2.05) is 6.07 Å². The van der Waals surface area contributed by atoms with E-state index in [-0.39, 0.29) is 24.1 Å². The van der Waals surface area contributed by atoms with Crippen molar-refractivity contribution < 1.29 is 23.5 Å². The number of hydrogen-bond acceptors (Lipinski definition) is 5. The van der Waals surface area contributed by atoms with Gasteiger partial charge in [0.1, 0.15) is 11.6 Å². The molecule has 1 saturated heterocycles. The summed E-state index contributed by atoms with van der Waals surface area (Å²) in [4.78, 5) is 38.6. The first kappa shape index (κ1) is 21.4. The monoisotopic (exact) mass is 413 g/mol. The number of benzene rings is 1. The molecule has 1 aromatic carbocycles. The van der Waals surface area contributed by atoms with Crippen LogP contribution in [0.15, 0.2) is 47.1 Å². The molecule has 1 aromatic heterocycles. The summed E-state index contributed by atoms with van der Waals surface area (Å²) in [5, 5.41) is 5.63. The van der Waals surface area contributed by atoms with Crippen LogP contribution in [0.3, 0.4) is 0 Å². The maximum absolute atomic E-state index is 12.7. The van der Waals surface area contributed by atoms with E-state index in [9.17, 15) is 14.4 Å². The zero-order chi connectivity index (χ0) is 21.7. The third-order valence-electron chi connectivity index (χ3n) is 4.58. The molecule has 3 amide bonds. The van der Waals surface area contributed by atoms with Crippen molar-refractivity contribution in [1.82, 2.24) is 10.2 Å².